The van der Waals surface area contributed by atoms with E-state index in [4.69, 9.17) is 11.0 Å². The lowest BCUT2D eigenvalue weighted by molar-refractivity contribution is 0.222. The number of benzene rings is 1. The van der Waals surface area contributed by atoms with Crippen LogP contribution in [-0.4, -0.2) is 5.54 Å². The van der Waals surface area contributed by atoms with Crippen LogP contribution in [0.15, 0.2) is 30.3 Å². The molecule has 0 aliphatic heterocycles. The van der Waals surface area contributed by atoms with Crippen LogP contribution in [0.1, 0.15) is 91.5 Å². The summed E-state index contributed by atoms with van der Waals surface area (Å²) in [5, 5.41) is 8.85. The third-order valence-electron chi connectivity index (χ3n) is 6.85. The van der Waals surface area contributed by atoms with Gasteiger partial charge in [-0.05, 0) is 66.8 Å². The lowest BCUT2D eigenvalue weighted by Gasteiger charge is -2.35. The van der Waals surface area contributed by atoms with Gasteiger partial charge in [0.1, 0.15) is 0 Å². The highest BCUT2D eigenvalue weighted by Gasteiger charge is 2.64. The SMILES string of the molecule is CC(C)(C)CC(c1ccccc1)C1(C)CC1(C)CCC(C)(N)CCC#N. The Kier molecular flexibility index (Phi) is 5.93. The minimum Gasteiger partial charge on any atom is -0.325 e. The Morgan fingerprint density at radius 1 is 1.12 bits per heavy atom. The maximum atomic E-state index is 8.85. The molecule has 1 aliphatic carbocycles. The first-order valence-corrected chi connectivity index (χ1v) is 10.1. The minimum atomic E-state index is -0.228. The van der Waals surface area contributed by atoms with Crippen LogP contribution in [0, 0.1) is 27.6 Å². The quantitative estimate of drug-likeness (QED) is 0.585. The zero-order valence-corrected chi connectivity index (χ0v) is 17.7. The molecule has 1 saturated carbocycles. The second-order valence-corrected chi connectivity index (χ2v) is 10.7. The van der Waals surface area contributed by atoms with E-state index in [1.165, 1.54) is 18.4 Å². The first kappa shape index (κ1) is 21.0. The first-order valence-electron chi connectivity index (χ1n) is 10.1. The molecule has 1 aromatic carbocycles. The van der Waals surface area contributed by atoms with Crippen LogP contribution >= 0.6 is 0 Å². The third-order valence-corrected chi connectivity index (χ3v) is 6.85. The smallest absolute Gasteiger partial charge is 0.0622 e. The second-order valence-electron chi connectivity index (χ2n) is 10.7. The van der Waals surface area contributed by atoms with Crippen LogP contribution in [0.4, 0.5) is 0 Å². The van der Waals surface area contributed by atoms with Crippen LogP contribution in [0.25, 0.3) is 0 Å². The van der Waals surface area contributed by atoms with E-state index in [9.17, 15) is 0 Å². The summed E-state index contributed by atoms with van der Waals surface area (Å²) in [6.07, 6.45) is 5.96. The normalized spacial score (nSPS) is 28.8. The van der Waals surface area contributed by atoms with Gasteiger partial charge in [0.2, 0.25) is 0 Å². The highest BCUT2D eigenvalue weighted by Crippen LogP contribution is 2.73. The summed E-state index contributed by atoms with van der Waals surface area (Å²) in [6.45, 7) is 14.1. The Bertz CT molecular complexity index is 634. The molecule has 0 amide bonds. The summed E-state index contributed by atoms with van der Waals surface area (Å²) < 4.78 is 0. The number of rotatable bonds is 8. The van der Waals surface area contributed by atoms with E-state index >= 15 is 0 Å². The monoisotopic (exact) mass is 354 g/mol. The summed E-state index contributed by atoms with van der Waals surface area (Å²) >= 11 is 0. The van der Waals surface area contributed by atoms with E-state index in [1.54, 1.807) is 0 Å². The fourth-order valence-electron chi connectivity index (χ4n) is 4.72. The van der Waals surface area contributed by atoms with Crippen molar-refractivity contribution >= 4 is 0 Å². The third kappa shape index (κ3) is 4.89. The Morgan fingerprint density at radius 2 is 1.73 bits per heavy atom. The van der Waals surface area contributed by atoms with Crippen molar-refractivity contribution in [3.05, 3.63) is 35.9 Å². The number of nitrogens with two attached hydrogens (primary N) is 1. The van der Waals surface area contributed by atoms with Crippen molar-refractivity contribution in [3.63, 3.8) is 0 Å². The molecule has 2 heteroatoms. The first-order chi connectivity index (χ1) is 11.9. The van der Waals surface area contributed by atoms with Crippen molar-refractivity contribution in [3.8, 4) is 6.07 Å². The molecule has 0 saturated heterocycles. The molecule has 1 aromatic rings. The van der Waals surface area contributed by atoms with Gasteiger partial charge in [-0.2, -0.15) is 5.26 Å². The maximum absolute atomic E-state index is 8.85. The van der Waals surface area contributed by atoms with Crippen molar-refractivity contribution in [2.75, 3.05) is 0 Å². The van der Waals surface area contributed by atoms with Crippen molar-refractivity contribution in [1.29, 1.82) is 5.26 Å². The average Bonchev–Trinajstić information content (AvgIpc) is 3.12. The predicted octanol–water partition coefficient (Wildman–Crippen LogP) is 6.42. The summed E-state index contributed by atoms with van der Waals surface area (Å²) in [4.78, 5) is 0. The molecular formula is C24H38N2. The van der Waals surface area contributed by atoms with Crippen molar-refractivity contribution in [1.82, 2.24) is 0 Å². The van der Waals surface area contributed by atoms with Gasteiger partial charge >= 0.3 is 0 Å². The molecule has 1 fully saturated rings. The summed E-state index contributed by atoms with van der Waals surface area (Å²) in [7, 11) is 0. The summed E-state index contributed by atoms with van der Waals surface area (Å²) in [5.41, 5.74) is 8.69. The highest BCUT2D eigenvalue weighted by atomic mass is 14.7. The Balaban J connectivity index is 2.15. The Labute approximate surface area is 161 Å². The molecule has 4 atom stereocenters. The fraction of sp³-hybridized carbons (Fsp3) is 0.708. The Morgan fingerprint density at radius 3 is 2.27 bits per heavy atom. The topological polar surface area (TPSA) is 49.8 Å². The van der Waals surface area contributed by atoms with Crippen LogP contribution in [0.5, 0.6) is 0 Å². The summed E-state index contributed by atoms with van der Waals surface area (Å²) in [5.74, 6) is 0.580. The second kappa shape index (κ2) is 7.35. The highest BCUT2D eigenvalue weighted by molar-refractivity contribution is 5.28. The zero-order chi connectivity index (χ0) is 19.6. The molecule has 0 spiro atoms. The minimum absolute atomic E-state index is 0.228. The lowest BCUT2D eigenvalue weighted by Crippen LogP contribution is -2.37. The summed E-state index contributed by atoms with van der Waals surface area (Å²) in [6, 6.07) is 13.3. The van der Waals surface area contributed by atoms with Gasteiger partial charge in [0.05, 0.1) is 6.07 Å². The number of nitrogens with zero attached hydrogens (tertiary/aromatic N) is 1. The molecule has 2 N–H and O–H groups in total. The molecule has 26 heavy (non-hydrogen) atoms. The van der Waals surface area contributed by atoms with Gasteiger partial charge in [0.25, 0.3) is 0 Å². The number of hydrogen-bond donors (Lipinski definition) is 1. The Hall–Kier alpha value is -1.33. The lowest BCUT2D eigenvalue weighted by atomic mass is 9.70. The number of hydrogen-bond acceptors (Lipinski definition) is 2. The van der Waals surface area contributed by atoms with Crippen LogP contribution in [0.2, 0.25) is 0 Å². The molecule has 0 bridgehead atoms. The van der Waals surface area contributed by atoms with Crippen LogP contribution < -0.4 is 5.73 Å². The van der Waals surface area contributed by atoms with Crippen LogP contribution in [0.3, 0.4) is 0 Å². The molecule has 0 aromatic heterocycles. The van der Waals surface area contributed by atoms with Gasteiger partial charge in [-0.25, -0.2) is 0 Å². The van der Waals surface area contributed by atoms with Crippen molar-refractivity contribution < 1.29 is 0 Å². The van der Waals surface area contributed by atoms with Gasteiger partial charge in [-0.3, -0.25) is 0 Å². The van der Waals surface area contributed by atoms with Crippen molar-refractivity contribution in [2.24, 2.45) is 22.0 Å². The van der Waals surface area contributed by atoms with Gasteiger partial charge in [0, 0.05) is 12.0 Å². The van der Waals surface area contributed by atoms with E-state index in [-0.39, 0.29) is 5.54 Å². The standard InChI is InChI=1S/C24H38N2/c1-21(2,3)17-20(19-11-8-7-9-12-19)24(6)18-22(24,4)14-15-23(5,26)13-10-16-25/h7-9,11-12,20H,10,13-15,17-18,26H2,1-6H3. The fourth-order valence-corrected chi connectivity index (χ4v) is 4.72. The largest absolute Gasteiger partial charge is 0.325 e. The molecule has 144 valence electrons. The van der Waals surface area contributed by atoms with E-state index in [0.717, 1.165) is 19.3 Å². The molecule has 0 radical (unpaired) electrons. The molecule has 0 heterocycles. The van der Waals surface area contributed by atoms with Crippen LogP contribution in [-0.2, 0) is 0 Å². The predicted molar refractivity (Wildman–Crippen MR) is 111 cm³/mol. The van der Waals surface area contributed by atoms with Gasteiger partial charge in [0.15, 0.2) is 0 Å². The molecule has 2 nitrogen and oxygen atoms in total. The van der Waals surface area contributed by atoms with E-state index in [2.05, 4.69) is 77.9 Å². The molecule has 4 unspecified atom stereocenters. The number of nitriles is 1. The van der Waals surface area contributed by atoms with Crippen molar-refractivity contribution in [2.45, 2.75) is 91.5 Å². The molecular weight excluding hydrogens is 316 g/mol. The van der Waals surface area contributed by atoms with E-state index < -0.39 is 0 Å². The molecule has 1 aliphatic rings. The van der Waals surface area contributed by atoms with E-state index in [1.807, 2.05) is 0 Å². The zero-order valence-electron chi connectivity index (χ0n) is 17.7. The van der Waals surface area contributed by atoms with E-state index in [0.29, 0.717) is 28.6 Å². The van der Waals surface area contributed by atoms with Gasteiger partial charge in [-0.15, -0.1) is 0 Å². The molecule has 2 rings (SSSR count). The van der Waals surface area contributed by atoms with Gasteiger partial charge < -0.3 is 5.73 Å². The maximum Gasteiger partial charge on any atom is 0.0622 e. The van der Waals surface area contributed by atoms with Gasteiger partial charge in [-0.1, -0.05) is 65.0 Å². The average molecular weight is 355 g/mol.